The maximum atomic E-state index is 12.4. The summed E-state index contributed by atoms with van der Waals surface area (Å²) in [6.45, 7) is 17.9. The SMILES string of the molecule is CCN(CC1CCN(C(=O)OC(C)(C)C)CC1)C(c1ccc(Cl)cc1)c1ccccn1.CCN(CC1CCNCC1)C(c1ccc(Cl)cc1)c1ccccn1.CO.Cl. The standard InChI is InChI=1S/C25H34ClN3O2.C20H26ClN3.CH4O.ClH/c1-5-28(18-19-13-16-29(17-14-19)24(30)31-25(2,3)4)23(22-8-6-7-15-27-22)20-9-11-21(26)12-10-20;1-2-24(15-16-10-13-22-14-11-16)20(19-5-3-4-12-23-19)17-6-8-18(21)9-7-17;1-2;/h6-12,15,19,23H,5,13-14,16-18H2,1-4H3;3-9,12,16,20,22H,2,10-11,13-15H2,1H3;2H,1H3;1H. The molecule has 4 aromatic rings. The van der Waals surface area contributed by atoms with Crippen LogP contribution in [0.2, 0.25) is 10.0 Å². The normalized spacial score (nSPS) is 15.9. The quantitative estimate of drug-likeness (QED) is 0.146. The van der Waals surface area contributed by atoms with Crippen LogP contribution in [0.5, 0.6) is 0 Å². The van der Waals surface area contributed by atoms with Crippen LogP contribution in [0.4, 0.5) is 4.79 Å². The summed E-state index contributed by atoms with van der Waals surface area (Å²) in [5, 5.41) is 12.0. The molecule has 9 nitrogen and oxygen atoms in total. The number of benzene rings is 2. The summed E-state index contributed by atoms with van der Waals surface area (Å²) < 4.78 is 5.54. The number of aliphatic hydroxyl groups is 1. The van der Waals surface area contributed by atoms with Gasteiger partial charge in [0.1, 0.15) is 5.60 Å². The molecule has 318 valence electrons. The number of piperidine rings is 2. The first kappa shape index (κ1) is 49.1. The Kier molecular flexibility index (Phi) is 21.5. The molecule has 2 aromatic heterocycles. The van der Waals surface area contributed by atoms with Gasteiger partial charge < -0.3 is 20.1 Å². The van der Waals surface area contributed by atoms with Crippen LogP contribution in [0.1, 0.15) is 94.9 Å². The van der Waals surface area contributed by atoms with Crippen LogP contribution in [-0.4, -0.2) is 101 Å². The van der Waals surface area contributed by atoms with E-state index < -0.39 is 5.60 Å². The fourth-order valence-corrected chi connectivity index (χ4v) is 7.94. The zero-order chi connectivity index (χ0) is 41.2. The molecule has 6 rings (SSSR count). The predicted octanol–water partition coefficient (Wildman–Crippen LogP) is 9.97. The summed E-state index contributed by atoms with van der Waals surface area (Å²) in [4.78, 5) is 28.6. The minimum atomic E-state index is -0.457. The minimum Gasteiger partial charge on any atom is -0.444 e. The fourth-order valence-electron chi connectivity index (χ4n) is 7.69. The number of nitrogens with one attached hydrogen (secondary N) is 1. The van der Waals surface area contributed by atoms with E-state index in [1.165, 1.54) is 24.0 Å². The number of hydrogen-bond donors (Lipinski definition) is 2. The Morgan fingerprint density at radius 1 is 0.741 bits per heavy atom. The molecule has 2 aliphatic rings. The molecule has 2 fully saturated rings. The number of hydrogen-bond acceptors (Lipinski definition) is 8. The van der Waals surface area contributed by atoms with E-state index in [4.69, 9.17) is 33.0 Å². The molecular formula is C46H65Cl3N6O3. The van der Waals surface area contributed by atoms with E-state index in [0.717, 1.165) is 99.7 Å². The molecule has 12 heteroatoms. The molecule has 4 heterocycles. The number of halogens is 3. The van der Waals surface area contributed by atoms with E-state index in [9.17, 15) is 4.79 Å². The monoisotopic (exact) mass is 854 g/mol. The summed E-state index contributed by atoms with van der Waals surface area (Å²) in [5.41, 5.74) is 4.14. The molecule has 2 atom stereocenters. The third kappa shape index (κ3) is 15.4. The number of rotatable bonds is 12. The van der Waals surface area contributed by atoms with Crippen LogP contribution in [0.25, 0.3) is 0 Å². The number of carbonyl (C=O) groups excluding carboxylic acids is 1. The molecule has 1 amide bonds. The zero-order valence-corrected chi connectivity index (χ0v) is 37.5. The smallest absolute Gasteiger partial charge is 0.410 e. The zero-order valence-electron chi connectivity index (χ0n) is 35.2. The van der Waals surface area contributed by atoms with E-state index in [1.54, 1.807) is 0 Å². The van der Waals surface area contributed by atoms with Gasteiger partial charge in [0.25, 0.3) is 0 Å². The Balaban J connectivity index is 0.000000301. The molecule has 0 saturated carbocycles. The molecule has 2 saturated heterocycles. The van der Waals surface area contributed by atoms with Crippen molar-refractivity contribution in [3.8, 4) is 0 Å². The van der Waals surface area contributed by atoms with Gasteiger partial charge in [-0.25, -0.2) is 4.79 Å². The van der Waals surface area contributed by atoms with Crippen LogP contribution in [-0.2, 0) is 4.74 Å². The molecule has 58 heavy (non-hydrogen) atoms. The Morgan fingerprint density at radius 2 is 1.16 bits per heavy atom. The maximum absolute atomic E-state index is 12.4. The van der Waals surface area contributed by atoms with Gasteiger partial charge in [-0.3, -0.25) is 19.8 Å². The highest BCUT2D eigenvalue weighted by Crippen LogP contribution is 2.32. The lowest BCUT2D eigenvalue weighted by Crippen LogP contribution is -2.44. The van der Waals surface area contributed by atoms with Gasteiger partial charge in [-0.05, 0) is 144 Å². The van der Waals surface area contributed by atoms with Gasteiger partial charge >= 0.3 is 6.09 Å². The Bertz CT molecular complexity index is 1700. The summed E-state index contributed by atoms with van der Waals surface area (Å²) in [6, 6.07) is 28.8. The summed E-state index contributed by atoms with van der Waals surface area (Å²) in [6.07, 6.45) is 8.00. The van der Waals surface area contributed by atoms with Gasteiger partial charge in [-0.15, -0.1) is 12.4 Å². The number of aromatic nitrogens is 2. The van der Waals surface area contributed by atoms with Crippen molar-refractivity contribution < 1.29 is 14.6 Å². The van der Waals surface area contributed by atoms with Gasteiger partial charge in [0.15, 0.2) is 0 Å². The van der Waals surface area contributed by atoms with Gasteiger partial charge in [0.2, 0.25) is 0 Å². The molecule has 0 radical (unpaired) electrons. The number of likely N-dealkylation sites (tertiary alicyclic amines) is 1. The lowest BCUT2D eigenvalue weighted by atomic mass is 9.94. The minimum absolute atomic E-state index is 0. The highest BCUT2D eigenvalue weighted by Gasteiger charge is 2.31. The van der Waals surface area contributed by atoms with Crippen molar-refractivity contribution in [2.75, 3.05) is 59.5 Å². The highest BCUT2D eigenvalue weighted by atomic mass is 35.5. The average Bonchev–Trinajstić information content (AvgIpc) is 3.23. The first-order valence-corrected chi connectivity index (χ1v) is 21.2. The summed E-state index contributed by atoms with van der Waals surface area (Å²) in [7, 11) is 1.00. The van der Waals surface area contributed by atoms with Crippen molar-refractivity contribution in [2.45, 2.75) is 78.0 Å². The second kappa shape index (κ2) is 25.4. The molecule has 0 spiro atoms. The molecule has 0 aliphatic carbocycles. The third-order valence-corrected chi connectivity index (χ3v) is 11.1. The van der Waals surface area contributed by atoms with Crippen LogP contribution < -0.4 is 5.32 Å². The van der Waals surface area contributed by atoms with Crippen molar-refractivity contribution in [2.24, 2.45) is 11.8 Å². The Labute approximate surface area is 363 Å². The van der Waals surface area contributed by atoms with Gasteiger partial charge in [0, 0.05) is 55.7 Å². The molecule has 2 aromatic carbocycles. The van der Waals surface area contributed by atoms with E-state index in [0.29, 0.717) is 5.92 Å². The lowest BCUT2D eigenvalue weighted by Gasteiger charge is -2.38. The largest absolute Gasteiger partial charge is 0.444 e. The van der Waals surface area contributed by atoms with Gasteiger partial charge in [0.05, 0.1) is 23.5 Å². The molecule has 2 aliphatic heterocycles. The maximum Gasteiger partial charge on any atom is 0.410 e. The number of ether oxygens (including phenoxy) is 1. The number of amides is 1. The molecule has 2 N–H and O–H groups in total. The predicted molar refractivity (Wildman–Crippen MR) is 241 cm³/mol. The lowest BCUT2D eigenvalue weighted by molar-refractivity contribution is 0.0165. The second-order valence-electron chi connectivity index (χ2n) is 15.7. The van der Waals surface area contributed by atoms with Crippen LogP contribution in [0.15, 0.2) is 97.3 Å². The Hall–Kier alpha value is -3.28. The van der Waals surface area contributed by atoms with Crippen molar-refractivity contribution in [1.82, 2.24) is 30.0 Å². The first-order valence-electron chi connectivity index (χ1n) is 20.5. The van der Waals surface area contributed by atoms with Gasteiger partial charge in [-0.1, -0.05) is 73.4 Å². The van der Waals surface area contributed by atoms with E-state index >= 15 is 0 Å². The van der Waals surface area contributed by atoms with E-state index in [1.807, 2.05) is 80.5 Å². The number of carbonyl (C=O) groups is 1. The number of nitrogens with zero attached hydrogens (tertiary/aromatic N) is 5. The van der Waals surface area contributed by atoms with Crippen LogP contribution in [0, 0.1) is 11.8 Å². The second-order valence-corrected chi connectivity index (χ2v) is 16.6. The summed E-state index contributed by atoms with van der Waals surface area (Å²) >= 11 is 12.2. The Morgan fingerprint density at radius 3 is 1.52 bits per heavy atom. The molecule has 0 bridgehead atoms. The molecule has 2 unspecified atom stereocenters. The number of aliphatic hydroxyl groups excluding tert-OH is 1. The third-order valence-electron chi connectivity index (χ3n) is 10.6. The van der Waals surface area contributed by atoms with Crippen LogP contribution in [0.3, 0.4) is 0 Å². The van der Waals surface area contributed by atoms with E-state index in [-0.39, 0.29) is 30.6 Å². The van der Waals surface area contributed by atoms with Crippen molar-refractivity contribution in [3.63, 3.8) is 0 Å². The average molecular weight is 856 g/mol. The van der Waals surface area contributed by atoms with Crippen molar-refractivity contribution in [1.29, 1.82) is 0 Å². The number of pyridine rings is 2. The van der Waals surface area contributed by atoms with E-state index in [2.05, 4.69) is 81.4 Å². The summed E-state index contributed by atoms with van der Waals surface area (Å²) in [5.74, 6) is 1.28. The topological polar surface area (TPSA) is 94.1 Å². The molecular weight excluding hydrogens is 791 g/mol. The fraction of sp³-hybridized carbons (Fsp3) is 0.500. The first-order chi connectivity index (χ1) is 27.5. The highest BCUT2D eigenvalue weighted by molar-refractivity contribution is 6.30. The van der Waals surface area contributed by atoms with Gasteiger partial charge in [-0.2, -0.15) is 0 Å². The van der Waals surface area contributed by atoms with Crippen molar-refractivity contribution in [3.05, 3.63) is 130 Å². The van der Waals surface area contributed by atoms with Crippen molar-refractivity contribution >= 4 is 41.7 Å². The van der Waals surface area contributed by atoms with Crippen LogP contribution >= 0.6 is 35.6 Å².